The van der Waals surface area contributed by atoms with Crippen LogP contribution in [0.5, 0.6) is 0 Å². The Morgan fingerprint density at radius 3 is 2.09 bits per heavy atom. The molecular weight excluding hydrogens is 552 g/mol. The van der Waals surface area contributed by atoms with Crippen LogP contribution in [0.3, 0.4) is 0 Å². The van der Waals surface area contributed by atoms with Crippen molar-refractivity contribution in [2.24, 2.45) is 5.92 Å². The van der Waals surface area contributed by atoms with Gasteiger partial charge in [-0.05, 0) is 85.8 Å². The van der Waals surface area contributed by atoms with Crippen LogP contribution in [0, 0.1) is 12.8 Å². The van der Waals surface area contributed by atoms with Crippen molar-refractivity contribution in [3.63, 3.8) is 0 Å². The van der Waals surface area contributed by atoms with Gasteiger partial charge in [-0.1, -0.05) is 24.3 Å². The Labute approximate surface area is 258 Å². The molecule has 228 valence electrons. The average molecular weight is 593 g/mol. The van der Waals surface area contributed by atoms with Gasteiger partial charge in [0.2, 0.25) is 11.8 Å². The van der Waals surface area contributed by atoms with Crippen LogP contribution in [-0.4, -0.2) is 57.3 Å². The lowest BCUT2D eigenvalue weighted by atomic mass is 9.74. The number of fused-ring (bicyclic) bond motifs is 3. The van der Waals surface area contributed by atoms with Crippen LogP contribution in [0.25, 0.3) is 11.5 Å². The van der Waals surface area contributed by atoms with E-state index in [-0.39, 0.29) is 11.8 Å². The Morgan fingerprint density at radius 2 is 1.57 bits per heavy atom. The Balaban J connectivity index is 1.18. The number of carbonyl (C=O) groups excluding carboxylic acids is 2. The summed E-state index contributed by atoms with van der Waals surface area (Å²) >= 11 is 0. The zero-order valence-corrected chi connectivity index (χ0v) is 25.6. The maximum atomic E-state index is 11.5. The van der Waals surface area contributed by atoms with Crippen molar-refractivity contribution in [3.8, 4) is 11.5 Å². The van der Waals surface area contributed by atoms with E-state index in [9.17, 15) is 9.59 Å². The van der Waals surface area contributed by atoms with Crippen LogP contribution in [0.1, 0.15) is 55.3 Å². The first-order valence-electron chi connectivity index (χ1n) is 15.4. The number of amides is 2. The summed E-state index contributed by atoms with van der Waals surface area (Å²) in [7, 11) is 0. The zero-order chi connectivity index (χ0) is 30.6. The molecule has 2 aromatic heterocycles. The third-order valence-electron chi connectivity index (χ3n) is 8.72. The molecule has 4 atom stereocenters. The van der Waals surface area contributed by atoms with Crippen LogP contribution in [0.4, 0.5) is 11.4 Å². The number of carbonyl (C=O) groups is 2. The third kappa shape index (κ3) is 7.23. The van der Waals surface area contributed by atoms with E-state index >= 15 is 0 Å². The molecule has 9 heteroatoms. The molecule has 0 aliphatic carbocycles. The highest BCUT2D eigenvalue weighted by Crippen LogP contribution is 2.42. The molecule has 5 heterocycles. The molecule has 3 aliphatic heterocycles. The second kappa shape index (κ2) is 13.1. The van der Waals surface area contributed by atoms with Crippen LogP contribution in [0.15, 0.2) is 77.4 Å². The van der Waals surface area contributed by atoms with E-state index < -0.39 is 0 Å². The number of rotatable bonds is 10. The number of anilines is 2. The van der Waals surface area contributed by atoms with Gasteiger partial charge in [-0.15, -0.1) is 0 Å². The number of hydrogen-bond acceptors (Lipinski definition) is 7. The summed E-state index contributed by atoms with van der Waals surface area (Å²) in [6.45, 7) is 9.64. The molecule has 1 unspecified atom stereocenters. The molecule has 2 amide bonds. The largest absolute Gasteiger partial charge is 0.463 e. The van der Waals surface area contributed by atoms with Gasteiger partial charge in [-0.25, -0.2) is 9.97 Å². The molecule has 0 radical (unpaired) electrons. The van der Waals surface area contributed by atoms with Gasteiger partial charge in [0.25, 0.3) is 0 Å². The third-order valence-corrected chi connectivity index (χ3v) is 8.72. The fourth-order valence-corrected chi connectivity index (χ4v) is 6.79. The molecule has 4 aromatic rings. The van der Waals surface area contributed by atoms with Gasteiger partial charge >= 0.3 is 0 Å². The maximum Gasteiger partial charge on any atom is 0.221 e. The van der Waals surface area contributed by atoms with Gasteiger partial charge in [-0.2, -0.15) is 0 Å². The number of nitrogens with zero attached hydrogens (tertiary/aromatic N) is 4. The first kappa shape index (κ1) is 29.7. The van der Waals surface area contributed by atoms with Crippen molar-refractivity contribution >= 4 is 23.2 Å². The van der Waals surface area contributed by atoms with E-state index in [0.29, 0.717) is 17.9 Å². The summed E-state index contributed by atoms with van der Waals surface area (Å²) in [5, 5.41) is 5.71. The van der Waals surface area contributed by atoms with Gasteiger partial charge in [0.05, 0.1) is 6.26 Å². The Morgan fingerprint density at radius 1 is 0.932 bits per heavy atom. The highest BCUT2D eigenvalue weighted by atomic mass is 16.3. The first-order chi connectivity index (χ1) is 21.3. The summed E-state index contributed by atoms with van der Waals surface area (Å²) in [4.78, 5) is 37.7. The van der Waals surface area contributed by atoms with Crippen LogP contribution in [0.2, 0.25) is 0 Å². The molecule has 7 rings (SSSR count). The molecule has 3 fully saturated rings. The predicted molar refractivity (Wildman–Crippen MR) is 171 cm³/mol. The highest BCUT2D eigenvalue weighted by molar-refractivity contribution is 5.89. The Kier molecular flexibility index (Phi) is 8.86. The number of aromatic nitrogens is 2. The van der Waals surface area contributed by atoms with E-state index in [1.165, 1.54) is 31.4 Å². The number of nitrogens with one attached hydrogen (secondary N) is 2. The van der Waals surface area contributed by atoms with Crippen LogP contribution >= 0.6 is 0 Å². The van der Waals surface area contributed by atoms with Crippen molar-refractivity contribution in [2.45, 2.75) is 58.7 Å². The molecule has 0 spiro atoms. The van der Waals surface area contributed by atoms with E-state index in [1.807, 2.05) is 43.3 Å². The number of furan rings is 1. The normalized spacial score (nSPS) is 20.9. The smallest absolute Gasteiger partial charge is 0.221 e. The molecular formula is C35H40N6O3. The lowest BCUT2D eigenvalue weighted by molar-refractivity contribution is -0.115. The minimum absolute atomic E-state index is 0.0730. The fraction of sp³-hybridized carbons (Fsp3) is 0.371. The van der Waals surface area contributed by atoms with Crippen LogP contribution < -0.4 is 10.6 Å². The van der Waals surface area contributed by atoms with Crippen molar-refractivity contribution in [1.29, 1.82) is 0 Å². The average Bonchev–Trinajstić information content (AvgIpc) is 3.54. The molecule has 2 bridgehead atoms. The van der Waals surface area contributed by atoms with Crippen molar-refractivity contribution in [3.05, 3.63) is 95.6 Å². The van der Waals surface area contributed by atoms with Gasteiger partial charge in [0, 0.05) is 69.1 Å². The number of piperidine rings is 3. The first-order valence-corrected chi connectivity index (χ1v) is 15.4. The maximum absolute atomic E-state index is 11.5. The monoisotopic (exact) mass is 592 g/mol. The van der Waals surface area contributed by atoms with E-state index in [1.54, 1.807) is 6.26 Å². The highest BCUT2D eigenvalue weighted by Gasteiger charge is 2.42. The summed E-state index contributed by atoms with van der Waals surface area (Å²) < 4.78 is 5.64. The van der Waals surface area contributed by atoms with Gasteiger partial charge in [0.1, 0.15) is 11.5 Å². The van der Waals surface area contributed by atoms with Crippen molar-refractivity contribution in [2.75, 3.05) is 30.3 Å². The molecule has 2 N–H and O–H groups in total. The summed E-state index contributed by atoms with van der Waals surface area (Å²) in [5.41, 5.74) is 5.98. The molecule has 3 saturated heterocycles. The van der Waals surface area contributed by atoms with Gasteiger partial charge in [0.15, 0.2) is 5.76 Å². The van der Waals surface area contributed by atoms with Crippen molar-refractivity contribution < 1.29 is 14.0 Å². The van der Waals surface area contributed by atoms with Gasteiger partial charge in [-0.3, -0.25) is 19.4 Å². The summed E-state index contributed by atoms with van der Waals surface area (Å²) in [5.74, 6) is 2.36. The minimum atomic E-state index is -0.0730. The molecule has 3 aliphatic rings. The Bertz CT molecular complexity index is 1520. The van der Waals surface area contributed by atoms with Gasteiger partial charge < -0.3 is 15.1 Å². The SMILES string of the molecule is CC(=O)Nc1ccc(CN(Cc2ccc(NC(C)=O)cc2)C[C@H]2C[C@@H]3CCN2C[C@@H]3c2cc(-c3ccco3)nc(C)n2)cc1. The Hall–Kier alpha value is -4.34. The summed E-state index contributed by atoms with van der Waals surface area (Å²) in [6.07, 6.45) is 3.99. The lowest BCUT2D eigenvalue weighted by Gasteiger charge is -2.51. The standard InChI is InChI=1S/C35H40N6O3/c1-23-36-33(18-34(37-23)35-5-4-16-44-35)32-22-41-15-14-28(32)17-31(41)21-40(19-26-6-10-29(11-7-26)38-24(2)42)20-27-8-12-30(13-9-27)39-25(3)43/h4-13,16,18,28,31-32H,14-15,17,19-22H2,1-3H3,(H,38,42)(H,39,43)/t28-,31+,32-/m0/s1. The number of hydrogen-bond donors (Lipinski definition) is 2. The summed E-state index contributed by atoms with van der Waals surface area (Å²) in [6, 6.07) is 22.7. The molecule has 44 heavy (non-hydrogen) atoms. The second-order valence-electron chi connectivity index (χ2n) is 12.2. The minimum Gasteiger partial charge on any atom is -0.463 e. The number of benzene rings is 2. The van der Waals surface area contributed by atoms with E-state index in [2.05, 4.69) is 55.7 Å². The lowest BCUT2D eigenvalue weighted by Crippen LogP contribution is -2.56. The van der Waals surface area contributed by atoms with E-state index in [4.69, 9.17) is 9.40 Å². The van der Waals surface area contributed by atoms with Crippen molar-refractivity contribution in [1.82, 2.24) is 19.8 Å². The number of aryl methyl sites for hydroxylation is 1. The predicted octanol–water partition coefficient (Wildman–Crippen LogP) is 5.84. The second-order valence-corrected chi connectivity index (χ2v) is 12.2. The molecule has 2 aromatic carbocycles. The zero-order valence-electron chi connectivity index (χ0n) is 25.6. The molecule has 9 nitrogen and oxygen atoms in total. The quantitative estimate of drug-likeness (QED) is 0.238. The topological polar surface area (TPSA) is 104 Å². The molecule has 0 saturated carbocycles. The fourth-order valence-electron chi connectivity index (χ4n) is 6.79. The van der Waals surface area contributed by atoms with E-state index in [0.717, 1.165) is 73.5 Å². The van der Waals surface area contributed by atoms with Crippen LogP contribution in [-0.2, 0) is 22.7 Å².